The Morgan fingerprint density at radius 3 is 2.54 bits per heavy atom. The Morgan fingerprint density at radius 2 is 1.83 bits per heavy atom. The van der Waals surface area contributed by atoms with Crippen molar-refractivity contribution in [2.75, 3.05) is 6.61 Å². The minimum Gasteiger partial charge on any atom is -0.493 e. The Kier molecular flexibility index (Phi) is 7.94. The van der Waals surface area contributed by atoms with E-state index in [0.717, 1.165) is 34.8 Å². The van der Waals surface area contributed by atoms with Crippen molar-refractivity contribution in [2.45, 2.75) is 78.2 Å². The maximum Gasteiger partial charge on any atom is 0.226 e. The Morgan fingerprint density at radius 1 is 1.09 bits per heavy atom. The van der Waals surface area contributed by atoms with Crippen LogP contribution in [0.5, 0.6) is 11.5 Å². The maximum absolute atomic E-state index is 12.0. The maximum atomic E-state index is 12.0. The zero-order valence-corrected chi connectivity index (χ0v) is 21.4. The molecule has 0 N–H and O–H groups in total. The van der Waals surface area contributed by atoms with Gasteiger partial charge in [0, 0.05) is 12.0 Å². The largest absolute Gasteiger partial charge is 0.493 e. The Hall–Kier alpha value is -3.08. The molecule has 5 nitrogen and oxygen atoms in total. The summed E-state index contributed by atoms with van der Waals surface area (Å²) in [7, 11) is 0. The van der Waals surface area contributed by atoms with Crippen LogP contribution in [0.4, 0.5) is 0 Å². The molecule has 0 bridgehead atoms. The molecule has 0 saturated heterocycles. The highest BCUT2D eigenvalue weighted by Gasteiger charge is 2.26. The fourth-order valence-electron chi connectivity index (χ4n) is 4.61. The number of carbonyl (C=O) groups is 1. The standard InChI is InChI=1S/C30H37NO4/c1-21-27(31-29(34-21)24-13-9-6-10-14-24)17-18-33-28-16-15-26(35-30(3,4)22(2)32)20-25(28)19-23-11-7-5-8-12-23/h6,9-10,13-16,20,23H,5,7-8,11-12,17-19H2,1-4H3. The van der Waals surface area contributed by atoms with E-state index in [1.165, 1.54) is 32.1 Å². The van der Waals surface area contributed by atoms with Crippen molar-refractivity contribution in [3.8, 4) is 23.0 Å². The van der Waals surface area contributed by atoms with Gasteiger partial charge in [0.1, 0.15) is 17.3 Å². The van der Waals surface area contributed by atoms with E-state index in [2.05, 4.69) is 6.07 Å². The third-order valence-electron chi connectivity index (χ3n) is 7.00. The van der Waals surface area contributed by atoms with Crippen LogP contribution in [0.15, 0.2) is 52.9 Å². The smallest absolute Gasteiger partial charge is 0.226 e. The first-order valence-electron chi connectivity index (χ1n) is 12.8. The number of rotatable bonds is 10. The number of aryl methyl sites for hydroxylation is 1. The van der Waals surface area contributed by atoms with Crippen LogP contribution in [0.3, 0.4) is 0 Å². The molecule has 0 amide bonds. The van der Waals surface area contributed by atoms with Gasteiger partial charge in [-0.3, -0.25) is 4.79 Å². The second-order valence-electron chi connectivity index (χ2n) is 10.1. The summed E-state index contributed by atoms with van der Waals surface area (Å²) in [6, 6.07) is 15.9. The van der Waals surface area contributed by atoms with E-state index in [0.29, 0.717) is 30.6 Å². The Bertz CT molecular complexity index is 1130. The summed E-state index contributed by atoms with van der Waals surface area (Å²) in [6.45, 7) is 7.65. The second-order valence-corrected chi connectivity index (χ2v) is 10.1. The summed E-state index contributed by atoms with van der Waals surface area (Å²) >= 11 is 0. The number of nitrogens with zero attached hydrogens (tertiary/aromatic N) is 1. The van der Waals surface area contributed by atoms with Crippen molar-refractivity contribution in [1.29, 1.82) is 0 Å². The number of Topliss-reactive ketones (excluding diaryl/α,β-unsaturated/α-hetero) is 1. The Balaban J connectivity index is 1.47. The zero-order valence-electron chi connectivity index (χ0n) is 21.4. The van der Waals surface area contributed by atoms with Crippen molar-refractivity contribution in [2.24, 2.45) is 5.92 Å². The van der Waals surface area contributed by atoms with Crippen molar-refractivity contribution in [1.82, 2.24) is 4.98 Å². The summed E-state index contributed by atoms with van der Waals surface area (Å²) in [5.74, 6) is 3.73. The molecule has 0 unspecified atom stereocenters. The predicted octanol–water partition coefficient (Wildman–Crippen LogP) is 7.14. The molecular formula is C30H37NO4. The SMILES string of the molecule is CC(=O)C(C)(C)Oc1ccc(OCCc2nc(-c3ccccc3)oc2C)c(CC2CCCCC2)c1. The van der Waals surface area contributed by atoms with Crippen molar-refractivity contribution < 1.29 is 18.7 Å². The average molecular weight is 476 g/mol. The fraction of sp³-hybridized carbons (Fsp3) is 0.467. The minimum atomic E-state index is -0.856. The minimum absolute atomic E-state index is 0.00418. The second kappa shape index (κ2) is 11.1. The van der Waals surface area contributed by atoms with Crippen molar-refractivity contribution >= 4 is 5.78 Å². The molecule has 3 aromatic rings. The van der Waals surface area contributed by atoms with Gasteiger partial charge in [-0.1, -0.05) is 50.3 Å². The lowest BCUT2D eigenvalue weighted by molar-refractivity contribution is -0.129. The molecule has 0 spiro atoms. The van der Waals surface area contributed by atoms with Gasteiger partial charge < -0.3 is 13.9 Å². The number of ether oxygens (including phenoxy) is 2. The quantitative estimate of drug-likeness (QED) is 0.312. The highest BCUT2D eigenvalue weighted by Crippen LogP contribution is 2.33. The van der Waals surface area contributed by atoms with Gasteiger partial charge in [0.2, 0.25) is 5.89 Å². The lowest BCUT2D eigenvalue weighted by Gasteiger charge is -2.26. The molecular weight excluding hydrogens is 438 g/mol. The first kappa shape index (κ1) is 25.0. The van der Waals surface area contributed by atoms with E-state index in [-0.39, 0.29) is 5.78 Å². The summed E-state index contributed by atoms with van der Waals surface area (Å²) in [6.07, 6.45) is 8.06. The van der Waals surface area contributed by atoms with Crippen LogP contribution in [0.25, 0.3) is 11.5 Å². The average Bonchev–Trinajstić information content (AvgIpc) is 3.22. The molecule has 0 atom stereocenters. The van der Waals surface area contributed by atoms with Gasteiger partial charge in [0.25, 0.3) is 0 Å². The number of aromatic nitrogens is 1. The van der Waals surface area contributed by atoms with Crippen LogP contribution in [-0.2, 0) is 17.6 Å². The van der Waals surface area contributed by atoms with Gasteiger partial charge >= 0.3 is 0 Å². The normalized spacial score (nSPS) is 14.6. The van der Waals surface area contributed by atoms with E-state index in [4.69, 9.17) is 18.9 Å². The van der Waals surface area contributed by atoms with Gasteiger partial charge in [0.05, 0.1) is 12.3 Å². The molecule has 5 heteroatoms. The number of ketones is 1. The molecule has 1 aromatic heterocycles. The van der Waals surface area contributed by atoms with Crippen LogP contribution in [0.1, 0.15) is 69.9 Å². The molecule has 1 fully saturated rings. The number of hydrogen-bond donors (Lipinski definition) is 0. The highest BCUT2D eigenvalue weighted by atomic mass is 16.5. The molecule has 35 heavy (non-hydrogen) atoms. The fourth-order valence-corrected chi connectivity index (χ4v) is 4.61. The molecule has 0 aliphatic heterocycles. The summed E-state index contributed by atoms with van der Waals surface area (Å²) < 4.78 is 18.2. The van der Waals surface area contributed by atoms with Gasteiger partial charge in [-0.05, 0) is 75.9 Å². The number of hydrogen-bond acceptors (Lipinski definition) is 5. The monoisotopic (exact) mass is 475 g/mol. The van der Waals surface area contributed by atoms with Crippen molar-refractivity contribution in [3.05, 3.63) is 65.5 Å². The number of oxazole rings is 1. The molecule has 0 radical (unpaired) electrons. The first-order valence-corrected chi connectivity index (χ1v) is 12.8. The van der Waals surface area contributed by atoms with E-state index in [1.807, 2.05) is 63.2 Å². The van der Waals surface area contributed by atoms with Crippen LogP contribution in [0, 0.1) is 12.8 Å². The van der Waals surface area contributed by atoms with E-state index < -0.39 is 5.60 Å². The number of carbonyl (C=O) groups excluding carboxylic acids is 1. The summed E-state index contributed by atoms with van der Waals surface area (Å²) in [4.78, 5) is 16.7. The zero-order chi connectivity index (χ0) is 24.8. The van der Waals surface area contributed by atoms with Gasteiger partial charge in [-0.25, -0.2) is 4.98 Å². The molecule has 186 valence electrons. The van der Waals surface area contributed by atoms with Crippen LogP contribution in [-0.4, -0.2) is 23.0 Å². The lowest BCUT2D eigenvalue weighted by Crippen LogP contribution is -2.36. The van der Waals surface area contributed by atoms with Gasteiger partial charge in [-0.2, -0.15) is 0 Å². The molecule has 1 aliphatic carbocycles. The first-order chi connectivity index (χ1) is 16.8. The third kappa shape index (κ3) is 6.53. The van der Waals surface area contributed by atoms with Crippen LogP contribution >= 0.6 is 0 Å². The molecule has 4 rings (SSSR count). The van der Waals surface area contributed by atoms with Crippen LogP contribution in [0.2, 0.25) is 0 Å². The lowest BCUT2D eigenvalue weighted by atomic mass is 9.84. The summed E-state index contributed by atoms with van der Waals surface area (Å²) in [5, 5.41) is 0. The van der Waals surface area contributed by atoms with Gasteiger partial charge in [0.15, 0.2) is 11.4 Å². The topological polar surface area (TPSA) is 61.6 Å². The molecule has 1 aliphatic rings. The molecule has 1 saturated carbocycles. The van der Waals surface area contributed by atoms with E-state index in [1.54, 1.807) is 6.92 Å². The van der Waals surface area contributed by atoms with Crippen LogP contribution < -0.4 is 9.47 Å². The van der Waals surface area contributed by atoms with Gasteiger partial charge in [-0.15, -0.1) is 0 Å². The van der Waals surface area contributed by atoms with E-state index >= 15 is 0 Å². The van der Waals surface area contributed by atoms with Crippen molar-refractivity contribution in [3.63, 3.8) is 0 Å². The molecule has 2 aromatic carbocycles. The third-order valence-corrected chi connectivity index (χ3v) is 7.00. The number of benzene rings is 2. The van der Waals surface area contributed by atoms with E-state index in [9.17, 15) is 4.79 Å². The Labute approximate surface area is 208 Å². The molecule has 1 heterocycles. The predicted molar refractivity (Wildman–Crippen MR) is 138 cm³/mol. The highest BCUT2D eigenvalue weighted by molar-refractivity contribution is 5.84. The summed E-state index contributed by atoms with van der Waals surface area (Å²) in [5.41, 5.74) is 2.18.